The summed E-state index contributed by atoms with van der Waals surface area (Å²) in [6.45, 7) is 4.25. The van der Waals surface area contributed by atoms with Crippen molar-refractivity contribution in [2.45, 2.75) is 31.6 Å². The standard InChI is InChI=1S/C22H25ClN2O5S/c1-3-30-22(27)16-7-6-15(2)20(13-16)24-21(26)17-5-4-12-25(14-17)31(28,29)19-10-8-18(23)9-11-19/h6-11,13,17H,3-5,12,14H2,1-2H3,(H,24,26)/t17-/m0/s1. The van der Waals surface area contributed by atoms with Gasteiger partial charge >= 0.3 is 5.97 Å². The Hall–Kier alpha value is -2.42. The minimum atomic E-state index is -3.72. The number of halogens is 1. The number of nitrogens with zero attached hydrogens (tertiary/aromatic N) is 1. The van der Waals surface area contributed by atoms with E-state index in [-0.39, 0.29) is 24.0 Å². The molecule has 0 radical (unpaired) electrons. The molecule has 1 fully saturated rings. The van der Waals surface area contributed by atoms with Crippen LogP contribution in [0.3, 0.4) is 0 Å². The molecule has 1 amide bonds. The summed E-state index contributed by atoms with van der Waals surface area (Å²) >= 11 is 5.86. The summed E-state index contributed by atoms with van der Waals surface area (Å²) in [6, 6.07) is 10.9. The normalized spacial score (nSPS) is 17.2. The monoisotopic (exact) mass is 464 g/mol. The maximum absolute atomic E-state index is 13.0. The summed E-state index contributed by atoms with van der Waals surface area (Å²) < 4.78 is 32.3. The van der Waals surface area contributed by atoms with Crippen molar-refractivity contribution in [1.82, 2.24) is 4.31 Å². The number of amides is 1. The van der Waals surface area contributed by atoms with Gasteiger partial charge in [0.05, 0.1) is 23.0 Å². The molecule has 2 aromatic carbocycles. The fourth-order valence-electron chi connectivity index (χ4n) is 3.46. The number of aryl methyl sites for hydroxylation is 1. The van der Waals surface area contributed by atoms with Gasteiger partial charge in [-0.25, -0.2) is 13.2 Å². The molecule has 1 atom stereocenters. The molecule has 9 heteroatoms. The first kappa shape index (κ1) is 23.2. The molecule has 0 saturated carbocycles. The maximum atomic E-state index is 13.0. The van der Waals surface area contributed by atoms with E-state index < -0.39 is 21.9 Å². The van der Waals surface area contributed by atoms with E-state index in [0.717, 1.165) is 5.56 Å². The van der Waals surface area contributed by atoms with Crippen molar-refractivity contribution >= 4 is 39.2 Å². The summed E-state index contributed by atoms with van der Waals surface area (Å²) in [7, 11) is -3.72. The molecule has 166 valence electrons. The number of anilines is 1. The third kappa shape index (κ3) is 5.44. The lowest BCUT2D eigenvalue weighted by molar-refractivity contribution is -0.120. The van der Waals surface area contributed by atoms with Crippen LogP contribution in [0.25, 0.3) is 0 Å². The number of nitrogens with one attached hydrogen (secondary N) is 1. The Balaban J connectivity index is 1.73. The van der Waals surface area contributed by atoms with Crippen LogP contribution < -0.4 is 5.32 Å². The predicted molar refractivity (Wildman–Crippen MR) is 119 cm³/mol. The van der Waals surface area contributed by atoms with Crippen LogP contribution in [0.2, 0.25) is 5.02 Å². The summed E-state index contributed by atoms with van der Waals surface area (Å²) in [4.78, 5) is 25.1. The van der Waals surface area contributed by atoms with E-state index in [1.165, 1.54) is 28.6 Å². The Labute approximate surface area is 187 Å². The lowest BCUT2D eigenvalue weighted by atomic mass is 9.98. The molecule has 0 aromatic heterocycles. The van der Waals surface area contributed by atoms with E-state index in [1.807, 2.05) is 6.92 Å². The van der Waals surface area contributed by atoms with Crippen LogP contribution in [0.15, 0.2) is 47.4 Å². The fraction of sp³-hybridized carbons (Fsp3) is 0.364. The number of carbonyl (C=O) groups excluding carboxylic acids is 2. The van der Waals surface area contributed by atoms with Gasteiger partial charge in [-0.3, -0.25) is 4.79 Å². The van der Waals surface area contributed by atoms with E-state index in [1.54, 1.807) is 25.1 Å². The first-order chi connectivity index (χ1) is 14.7. The highest BCUT2D eigenvalue weighted by molar-refractivity contribution is 7.89. The molecule has 1 saturated heterocycles. The van der Waals surface area contributed by atoms with Gasteiger partial charge in [0, 0.05) is 23.8 Å². The average Bonchev–Trinajstić information content (AvgIpc) is 2.75. The molecule has 1 N–H and O–H groups in total. The van der Waals surface area contributed by atoms with Gasteiger partial charge in [-0.05, 0) is 68.7 Å². The average molecular weight is 465 g/mol. The molecular formula is C22H25ClN2O5S. The zero-order valence-electron chi connectivity index (χ0n) is 17.4. The van der Waals surface area contributed by atoms with E-state index in [9.17, 15) is 18.0 Å². The number of esters is 1. The van der Waals surface area contributed by atoms with Crippen LogP contribution in [0, 0.1) is 12.8 Å². The van der Waals surface area contributed by atoms with Gasteiger partial charge in [-0.1, -0.05) is 17.7 Å². The Bertz CT molecular complexity index is 1070. The van der Waals surface area contributed by atoms with Crippen LogP contribution in [0.5, 0.6) is 0 Å². The molecule has 1 heterocycles. The first-order valence-corrected chi connectivity index (χ1v) is 11.9. The molecule has 31 heavy (non-hydrogen) atoms. The highest BCUT2D eigenvalue weighted by Crippen LogP contribution is 2.26. The summed E-state index contributed by atoms with van der Waals surface area (Å²) in [5.74, 6) is -1.24. The van der Waals surface area contributed by atoms with Crippen molar-refractivity contribution < 1.29 is 22.7 Å². The van der Waals surface area contributed by atoms with Crippen LogP contribution >= 0.6 is 11.6 Å². The predicted octanol–water partition coefficient (Wildman–Crippen LogP) is 3.86. The fourth-order valence-corrected chi connectivity index (χ4v) is 5.11. The first-order valence-electron chi connectivity index (χ1n) is 10.1. The molecule has 0 unspecified atom stereocenters. The highest BCUT2D eigenvalue weighted by Gasteiger charge is 2.33. The molecule has 1 aliphatic heterocycles. The third-order valence-electron chi connectivity index (χ3n) is 5.21. The van der Waals surface area contributed by atoms with Crippen LogP contribution in [-0.4, -0.2) is 44.3 Å². The summed E-state index contributed by atoms with van der Waals surface area (Å²) in [5, 5.41) is 3.30. The van der Waals surface area contributed by atoms with Crippen molar-refractivity contribution in [3.05, 3.63) is 58.6 Å². The van der Waals surface area contributed by atoms with E-state index in [0.29, 0.717) is 35.7 Å². The largest absolute Gasteiger partial charge is 0.462 e. The zero-order valence-corrected chi connectivity index (χ0v) is 19.0. The minimum Gasteiger partial charge on any atom is -0.462 e. The van der Waals surface area contributed by atoms with Gasteiger partial charge in [-0.2, -0.15) is 4.31 Å². The van der Waals surface area contributed by atoms with Crippen LogP contribution in [0.1, 0.15) is 35.7 Å². The highest BCUT2D eigenvalue weighted by atomic mass is 35.5. The second kappa shape index (κ2) is 9.80. The second-order valence-corrected chi connectivity index (χ2v) is 9.77. The smallest absolute Gasteiger partial charge is 0.338 e. The molecule has 7 nitrogen and oxygen atoms in total. The van der Waals surface area contributed by atoms with Crippen molar-refractivity contribution in [3.8, 4) is 0 Å². The van der Waals surface area contributed by atoms with Crippen LogP contribution in [0.4, 0.5) is 5.69 Å². The van der Waals surface area contributed by atoms with Gasteiger partial charge in [0.1, 0.15) is 0 Å². The molecule has 0 spiro atoms. The molecule has 0 bridgehead atoms. The number of hydrogen-bond donors (Lipinski definition) is 1. The Kier molecular flexibility index (Phi) is 7.35. The quantitative estimate of drug-likeness (QED) is 0.655. The molecular weight excluding hydrogens is 440 g/mol. The summed E-state index contributed by atoms with van der Waals surface area (Å²) in [5.41, 5.74) is 1.65. The number of ether oxygens (including phenoxy) is 1. The SMILES string of the molecule is CCOC(=O)c1ccc(C)c(NC(=O)[C@H]2CCCN(S(=O)(=O)c3ccc(Cl)cc3)C2)c1. The Morgan fingerprint density at radius 3 is 2.58 bits per heavy atom. The number of piperidine rings is 1. The second-order valence-electron chi connectivity index (χ2n) is 7.40. The molecule has 0 aliphatic carbocycles. The number of hydrogen-bond acceptors (Lipinski definition) is 5. The lowest BCUT2D eigenvalue weighted by Crippen LogP contribution is -2.43. The Morgan fingerprint density at radius 2 is 1.90 bits per heavy atom. The van der Waals surface area contributed by atoms with Crippen LogP contribution in [-0.2, 0) is 19.6 Å². The van der Waals surface area contributed by atoms with Gasteiger partial charge in [0.15, 0.2) is 0 Å². The molecule has 2 aromatic rings. The van der Waals surface area contributed by atoms with Gasteiger partial charge < -0.3 is 10.1 Å². The van der Waals surface area contributed by atoms with E-state index >= 15 is 0 Å². The van der Waals surface area contributed by atoms with Crippen molar-refractivity contribution in [3.63, 3.8) is 0 Å². The van der Waals surface area contributed by atoms with Gasteiger partial charge in [-0.15, -0.1) is 0 Å². The number of carbonyl (C=O) groups is 2. The van der Waals surface area contributed by atoms with Gasteiger partial charge in [0.2, 0.25) is 15.9 Å². The number of sulfonamides is 1. The molecule has 3 rings (SSSR count). The molecule has 1 aliphatic rings. The van der Waals surface area contributed by atoms with E-state index in [4.69, 9.17) is 16.3 Å². The minimum absolute atomic E-state index is 0.0907. The van der Waals surface area contributed by atoms with Gasteiger partial charge in [0.25, 0.3) is 0 Å². The third-order valence-corrected chi connectivity index (χ3v) is 7.34. The van der Waals surface area contributed by atoms with Crippen molar-refractivity contribution in [2.24, 2.45) is 5.92 Å². The van der Waals surface area contributed by atoms with Crippen molar-refractivity contribution in [1.29, 1.82) is 0 Å². The lowest BCUT2D eigenvalue weighted by Gasteiger charge is -2.31. The van der Waals surface area contributed by atoms with E-state index in [2.05, 4.69) is 5.32 Å². The number of benzene rings is 2. The van der Waals surface area contributed by atoms with Crippen molar-refractivity contribution in [2.75, 3.05) is 25.0 Å². The Morgan fingerprint density at radius 1 is 1.19 bits per heavy atom. The zero-order chi connectivity index (χ0) is 22.6. The topological polar surface area (TPSA) is 92.8 Å². The summed E-state index contributed by atoms with van der Waals surface area (Å²) in [6.07, 6.45) is 1.15. The number of rotatable bonds is 6. The maximum Gasteiger partial charge on any atom is 0.338 e.